The van der Waals surface area contributed by atoms with Gasteiger partial charge in [0.2, 0.25) is 0 Å². The largest absolute Gasteiger partial charge is 0.451 e. The maximum atomic E-state index is 12.6. The molecule has 0 radical (unpaired) electrons. The van der Waals surface area contributed by atoms with Crippen molar-refractivity contribution in [2.45, 2.75) is 38.6 Å². The van der Waals surface area contributed by atoms with Crippen LogP contribution in [0.1, 0.15) is 43.2 Å². The molecule has 1 aliphatic rings. The highest BCUT2D eigenvalue weighted by Crippen LogP contribution is 2.29. The predicted octanol–water partition coefficient (Wildman–Crippen LogP) is 3.67. The van der Waals surface area contributed by atoms with Crippen LogP contribution in [0.25, 0.3) is 11.0 Å². The van der Waals surface area contributed by atoms with Crippen molar-refractivity contribution in [2.75, 3.05) is 12.8 Å². The van der Waals surface area contributed by atoms with Crippen molar-refractivity contribution in [1.82, 2.24) is 4.90 Å². The van der Waals surface area contributed by atoms with Crippen molar-refractivity contribution in [3.8, 4) is 0 Å². The van der Waals surface area contributed by atoms with Crippen LogP contribution < -0.4 is 5.73 Å². The van der Waals surface area contributed by atoms with Crippen molar-refractivity contribution in [3.05, 3.63) is 30.0 Å². The highest BCUT2D eigenvalue weighted by molar-refractivity contribution is 5.96. The smallest absolute Gasteiger partial charge is 0.289 e. The van der Waals surface area contributed by atoms with Crippen LogP contribution in [0, 0.1) is 5.92 Å². The molecule has 0 spiro atoms. The highest BCUT2D eigenvalue weighted by atomic mass is 16.3. The van der Waals surface area contributed by atoms with Gasteiger partial charge in [-0.3, -0.25) is 4.79 Å². The molecule has 112 valence electrons. The van der Waals surface area contributed by atoms with E-state index in [1.54, 1.807) is 12.1 Å². The molecule has 1 saturated carbocycles. The number of nitrogen functional groups attached to an aromatic ring is 1. The highest BCUT2D eigenvalue weighted by Gasteiger charge is 2.29. The summed E-state index contributed by atoms with van der Waals surface area (Å²) < 4.78 is 5.69. The lowest BCUT2D eigenvalue weighted by Gasteiger charge is -2.35. The number of hydrogen-bond acceptors (Lipinski definition) is 3. The summed E-state index contributed by atoms with van der Waals surface area (Å²) in [5.74, 6) is 0.909. The van der Waals surface area contributed by atoms with Crippen LogP contribution in [-0.4, -0.2) is 23.9 Å². The number of anilines is 1. The topological polar surface area (TPSA) is 59.5 Å². The minimum absolute atomic E-state index is 0.0384. The van der Waals surface area contributed by atoms with E-state index in [9.17, 15) is 4.79 Å². The van der Waals surface area contributed by atoms with Gasteiger partial charge in [0.1, 0.15) is 5.58 Å². The van der Waals surface area contributed by atoms with Crippen molar-refractivity contribution in [3.63, 3.8) is 0 Å². The number of amides is 1. The Morgan fingerprint density at radius 1 is 1.29 bits per heavy atom. The van der Waals surface area contributed by atoms with Crippen LogP contribution in [0.3, 0.4) is 0 Å². The molecule has 1 aromatic carbocycles. The number of nitrogens with zero attached hydrogens (tertiary/aromatic N) is 1. The molecule has 4 nitrogen and oxygen atoms in total. The zero-order valence-corrected chi connectivity index (χ0v) is 12.6. The van der Waals surface area contributed by atoms with Gasteiger partial charge < -0.3 is 15.1 Å². The SMILES string of the molecule is CC1CCCCC1N(C)C(=O)c1cc2cc(N)ccc2o1. The average Bonchev–Trinajstić information content (AvgIpc) is 2.89. The van der Waals surface area contributed by atoms with Crippen molar-refractivity contribution < 1.29 is 9.21 Å². The molecule has 3 rings (SSSR count). The quantitative estimate of drug-likeness (QED) is 0.857. The Labute approximate surface area is 124 Å². The average molecular weight is 286 g/mol. The van der Waals surface area contributed by atoms with E-state index in [1.807, 2.05) is 24.1 Å². The molecule has 1 fully saturated rings. The van der Waals surface area contributed by atoms with E-state index in [0.29, 0.717) is 29.0 Å². The first kappa shape index (κ1) is 14.0. The number of carbonyl (C=O) groups is 1. The van der Waals surface area contributed by atoms with E-state index in [1.165, 1.54) is 19.3 Å². The van der Waals surface area contributed by atoms with Crippen LogP contribution >= 0.6 is 0 Å². The fourth-order valence-corrected chi connectivity index (χ4v) is 3.36. The summed E-state index contributed by atoms with van der Waals surface area (Å²) in [7, 11) is 1.89. The molecular weight excluding hydrogens is 264 g/mol. The van der Waals surface area contributed by atoms with Gasteiger partial charge in [-0.1, -0.05) is 19.8 Å². The molecule has 1 aliphatic carbocycles. The van der Waals surface area contributed by atoms with Crippen LogP contribution in [0.4, 0.5) is 5.69 Å². The number of rotatable bonds is 2. The van der Waals surface area contributed by atoms with Crippen LogP contribution in [-0.2, 0) is 0 Å². The van der Waals surface area contributed by atoms with E-state index in [4.69, 9.17) is 10.2 Å². The molecule has 0 bridgehead atoms. The van der Waals surface area contributed by atoms with E-state index in [2.05, 4.69) is 6.92 Å². The van der Waals surface area contributed by atoms with Crippen LogP contribution in [0.2, 0.25) is 0 Å². The third-order valence-corrected chi connectivity index (χ3v) is 4.64. The summed E-state index contributed by atoms with van der Waals surface area (Å²) in [4.78, 5) is 14.5. The standard InChI is InChI=1S/C17H22N2O2/c1-11-5-3-4-6-14(11)19(2)17(20)16-10-12-9-13(18)7-8-15(12)21-16/h7-11,14H,3-6,18H2,1-2H3. The van der Waals surface area contributed by atoms with E-state index >= 15 is 0 Å². The van der Waals surface area contributed by atoms with Crippen LogP contribution in [0.15, 0.2) is 28.7 Å². The molecule has 2 atom stereocenters. The molecule has 2 N–H and O–H groups in total. The molecule has 0 aliphatic heterocycles. The van der Waals surface area contributed by atoms with Crippen LogP contribution in [0.5, 0.6) is 0 Å². The van der Waals surface area contributed by atoms with Crippen molar-refractivity contribution in [1.29, 1.82) is 0 Å². The van der Waals surface area contributed by atoms with Gasteiger partial charge in [0.05, 0.1) is 0 Å². The molecule has 2 aromatic rings. The van der Waals surface area contributed by atoms with Gasteiger partial charge in [0.15, 0.2) is 5.76 Å². The Bertz CT molecular complexity index is 662. The molecular formula is C17H22N2O2. The second-order valence-corrected chi connectivity index (χ2v) is 6.15. The first-order valence-corrected chi connectivity index (χ1v) is 7.62. The molecule has 2 unspecified atom stereocenters. The fraction of sp³-hybridized carbons (Fsp3) is 0.471. The lowest BCUT2D eigenvalue weighted by Crippen LogP contribution is -2.42. The lowest BCUT2D eigenvalue weighted by molar-refractivity contribution is 0.0600. The van der Waals surface area contributed by atoms with Crippen molar-refractivity contribution >= 4 is 22.6 Å². The molecule has 0 saturated heterocycles. The number of nitrogens with two attached hydrogens (primary N) is 1. The predicted molar refractivity (Wildman–Crippen MR) is 84.1 cm³/mol. The molecule has 1 amide bonds. The lowest BCUT2D eigenvalue weighted by atomic mass is 9.85. The number of carbonyl (C=O) groups excluding carboxylic acids is 1. The summed E-state index contributed by atoms with van der Waals surface area (Å²) in [6, 6.07) is 7.53. The zero-order valence-electron chi connectivity index (χ0n) is 12.6. The Morgan fingerprint density at radius 2 is 2.05 bits per heavy atom. The summed E-state index contributed by atoms with van der Waals surface area (Å²) >= 11 is 0. The van der Waals surface area contributed by atoms with Gasteiger partial charge in [0.25, 0.3) is 5.91 Å². The minimum Gasteiger partial charge on any atom is -0.451 e. The maximum Gasteiger partial charge on any atom is 0.289 e. The van der Waals surface area contributed by atoms with Gasteiger partial charge in [-0.15, -0.1) is 0 Å². The first-order chi connectivity index (χ1) is 10.1. The Morgan fingerprint density at radius 3 is 2.81 bits per heavy atom. The number of hydrogen-bond donors (Lipinski definition) is 1. The van der Waals surface area contributed by atoms with Gasteiger partial charge in [-0.05, 0) is 43.0 Å². The minimum atomic E-state index is -0.0384. The molecule has 21 heavy (non-hydrogen) atoms. The molecule has 4 heteroatoms. The zero-order chi connectivity index (χ0) is 15.0. The molecule has 1 aromatic heterocycles. The Balaban J connectivity index is 1.85. The fourth-order valence-electron chi connectivity index (χ4n) is 3.36. The monoisotopic (exact) mass is 286 g/mol. The molecule has 1 heterocycles. The summed E-state index contributed by atoms with van der Waals surface area (Å²) in [5, 5.41) is 0.878. The maximum absolute atomic E-state index is 12.6. The number of fused-ring (bicyclic) bond motifs is 1. The summed E-state index contributed by atoms with van der Waals surface area (Å²) in [6.07, 6.45) is 4.74. The second-order valence-electron chi connectivity index (χ2n) is 6.15. The van der Waals surface area contributed by atoms with E-state index in [-0.39, 0.29) is 5.91 Å². The van der Waals surface area contributed by atoms with Crippen molar-refractivity contribution in [2.24, 2.45) is 5.92 Å². The van der Waals surface area contributed by atoms with Gasteiger partial charge in [-0.25, -0.2) is 0 Å². The first-order valence-electron chi connectivity index (χ1n) is 7.62. The number of furan rings is 1. The van der Waals surface area contributed by atoms with E-state index in [0.717, 1.165) is 11.8 Å². The summed E-state index contributed by atoms with van der Waals surface area (Å²) in [6.45, 7) is 2.23. The van der Waals surface area contributed by atoms with E-state index < -0.39 is 0 Å². The third kappa shape index (κ3) is 2.62. The Hall–Kier alpha value is -1.97. The third-order valence-electron chi connectivity index (χ3n) is 4.64. The Kier molecular flexibility index (Phi) is 3.62. The summed E-state index contributed by atoms with van der Waals surface area (Å²) in [5.41, 5.74) is 7.15. The van der Waals surface area contributed by atoms with Gasteiger partial charge >= 0.3 is 0 Å². The second kappa shape index (κ2) is 5.43. The van der Waals surface area contributed by atoms with Gasteiger partial charge in [0, 0.05) is 24.2 Å². The number of benzene rings is 1. The normalized spacial score (nSPS) is 22.4. The van der Waals surface area contributed by atoms with Gasteiger partial charge in [-0.2, -0.15) is 0 Å².